The van der Waals surface area contributed by atoms with Gasteiger partial charge >= 0.3 is 0 Å². The molecule has 0 spiro atoms. The Hall–Kier alpha value is -1.22. The standard InChI is InChI=1S/C18H27ClN2O5/c19-15-3-1-14(2-4-15)11-17(25)21-6-5-18(26,16(24)12-21)13-20(7-9-22)8-10-23/h1-4,16,22-24,26H,5-13H2/t16-,18-/m0/s1. The molecule has 1 saturated heterocycles. The van der Waals surface area contributed by atoms with E-state index in [0.29, 0.717) is 24.7 Å². The minimum atomic E-state index is -1.37. The van der Waals surface area contributed by atoms with Gasteiger partial charge in [-0.2, -0.15) is 0 Å². The van der Waals surface area contributed by atoms with Crippen molar-refractivity contribution in [3.05, 3.63) is 34.9 Å². The summed E-state index contributed by atoms with van der Waals surface area (Å²) in [6, 6.07) is 7.03. The molecule has 0 saturated carbocycles. The third-order valence-corrected chi connectivity index (χ3v) is 5.03. The van der Waals surface area contributed by atoms with Crippen molar-refractivity contribution in [2.45, 2.75) is 24.5 Å². The molecule has 4 N–H and O–H groups in total. The summed E-state index contributed by atoms with van der Waals surface area (Å²) in [7, 11) is 0. The molecule has 1 aliphatic rings. The highest BCUT2D eigenvalue weighted by molar-refractivity contribution is 6.30. The van der Waals surface area contributed by atoms with Crippen LogP contribution in [0.1, 0.15) is 12.0 Å². The highest BCUT2D eigenvalue weighted by Gasteiger charge is 2.42. The fourth-order valence-electron chi connectivity index (χ4n) is 3.20. The van der Waals surface area contributed by atoms with Crippen LogP contribution in [-0.2, 0) is 11.2 Å². The Balaban J connectivity index is 1.93. The summed E-state index contributed by atoms with van der Waals surface area (Å²) in [5.41, 5.74) is -0.534. The van der Waals surface area contributed by atoms with Crippen LogP contribution >= 0.6 is 11.6 Å². The van der Waals surface area contributed by atoms with Crippen LogP contribution in [0.25, 0.3) is 0 Å². The fourth-order valence-corrected chi connectivity index (χ4v) is 3.33. The van der Waals surface area contributed by atoms with E-state index in [2.05, 4.69) is 0 Å². The average molecular weight is 387 g/mol. The lowest BCUT2D eigenvalue weighted by Crippen LogP contribution is -2.61. The van der Waals surface area contributed by atoms with Gasteiger partial charge in [0.15, 0.2) is 0 Å². The van der Waals surface area contributed by atoms with E-state index in [-0.39, 0.29) is 45.1 Å². The number of carbonyl (C=O) groups is 1. The molecule has 1 heterocycles. The van der Waals surface area contributed by atoms with Crippen LogP contribution < -0.4 is 0 Å². The molecule has 1 fully saturated rings. The van der Waals surface area contributed by atoms with E-state index in [0.717, 1.165) is 5.56 Å². The van der Waals surface area contributed by atoms with Crippen molar-refractivity contribution in [1.82, 2.24) is 9.80 Å². The van der Waals surface area contributed by atoms with Gasteiger partial charge in [0, 0.05) is 37.7 Å². The third-order valence-electron chi connectivity index (χ3n) is 4.78. The Morgan fingerprint density at radius 3 is 2.38 bits per heavy atom. The first-order chi connectivity index (χ1) is 12.4. The number of aliphatic hydroxyl groups excluding tert-OH is 3. The van der Waals surface area contributed by atoms with Crippen molar-refractivity contribution < 1.29 is 25.2 Å². The number of hydrogen-bond donors (Lipinski definition) is 4. The number of piperidine rings is 1. The highest BCUT2D eigenvalue weighted by atomic mass is 35.5. The molecule has 1 aromatic carbocycles. The summed E-state index contributed by atoms with van der Waals surface area (Å²) in [5, 5.41) is 40.0. The van der Waals surface area contributed by atoms with Crippen molar-refractivity contribution >= 4 is 17.5 Å². The number of β-amino-alcohol motifs (C(OH)–C–C–N with tert-alkyl or cyclic N) is 1. The van der Waals surface area contributed by atoms with Crippen LogP contribution in [0, 0.1) is 0 Å². The fraction of sp³-hybridized carbons (Fsp3) is 0.611. The first-order valence-corrected chi connectivity index (χ1v) is 9.12. The van der Waals surface area contributed by atoms with Crippen LogP contribution in [0.2, 0.25) is 5.02 Å². The Morgan fingerprint density at radius 1 is 1.23 bits per heavy atom. The first kappa shape index (κ1) is 21.1. The molecule has 1 aliphatic heterocycles. The predicted octanol–water partition coefficient (Wildman–Crippen LogP) is -0.507. The molecular formula is C18H27ClN2O5. The molecule has 0 radical (unpaired) electrons. The number of nitrogens with zero attached hydrogens (tertiary/aromatic N) is 2. The molecule has 7 nitrogen and oxygen atoms in total. The van der Waals surface area contributed by atoms with Gasteiger partial charge < -0.3 is 25.3 Å². The quantitative estimate of drug-likeness (QED) is 0.480. The molecule has 1 aromatic rings. The van der Waals surface area contributed by atoms with Crippen molar-refractivity contribution in [3.63, 3.8) is 0 Å². The zero-order valence-corrected chi connectivity index (χ0v) is 15.5. The van der Waals surface area contributed by atoms with Crippen molar-refractivity contribution in [2.75, 3.05) is 45.9 Å². The van der Waals surface area contributed by atoms with Crippen LogP contribution in [0.5, 0.6) is 0 Å². The van der Waals surface area contributed by atoms with Crippen molar-refractivity contribution in [2.24, 2.45) is 0 Å². The maximum absolute atomic E-state index is 12.5. The number of aliphatic hydroxyl groups is 4. The topological polar surface area (TPSA) is 104 Å². The smallest absolute Gasteiger partial charge is 0.227 e. The van der Waals surface area contributed by atoms with E-state index >= 15 is 0 Å². The van der Waals surface area contributed by atoms with Gasteiger partial charge in [0.1, 0.15) is 11.7 Å². The summed E-state index contributed by atoms with van der Waals surface area (Å²) in [6.07, 6.45) is -0.650. The van der Waals surface area contributed by atoms with Crippen LogP contribution in [0.15, 0.2) is 24.3 Å². The van der Waals surface area contributed by atoms with Gasteiger partial charge in [0.05, 0.1) is 19.6 Å². The third kappa shape index (κ3) is 5.64. The van der Waals surface area contributed by atoms with Gasteiger partial charge in [-0.15, -0.1) is 0 Å². The van der Waals surface area contributed by atoms with E-state index in [1.54, 1.807) is 34.1 Å². The van der Waals surface area contributed by atoms with Gasteiger partial charge in [-0.05, 0) is 24.1 Å². The van der Waals surface area contributed by atoms with E-state index in [1.807, 2.05) is 0 Å². The largest absolute Gasteiger partial charge is 0.395 e. The Labute approximate surface area is 158 Å². The number of halogens is 1. The van der Waals surface area contributed by atoms with E-state index in [9.17, 15) is 15.0 Å². The van der Waals surface area contributed by atoms with Gasteiger partial charge in [0.2, 0.25) is 5.91 Å². The Kier molecular flexibility index (Phi) is 7.82. The van der Waals surface area contributed by atoms with Gasteiger partial charge in [-0.3, -0.25) is 9.69 Å². The monoisotopic (exact) mass is 386 g/mol. The van der Waals surface area contributed by atoms with Gasteiger partial charge in [-0.1, -0.05) is 23.7 Å². The normalized spacial score (nSPS) is 23.5. The number of benzene rings is 1. The second kappa shape index (κ2) is 9.64. The van der Waals surface area contributed by atoms with Crippen molar-refractivity contribution in [3.8, 4) is 0 Å². The minimum absolute atomic E-state index is 0.0506. The highest BCUT2D eigenvalue weighted by Crippen LogP contribution is 2.25. The number of hydrogen-bond acceptors (Lipinski definition) is 6. The molecule has 26 heavy (non-hydrogen) atoms. The summed E-state index contributed by atoms with van der Waals surface area (Å²) in [6.45, 7) is 0.926. The van der Waals surface area contributed by atoms with Gasteiger partial charge in [-0.25, -0.2) is 0 Å². The number of rotatable bonds is 8. The summed E-state index contributed by atoms with van der Waals surface area (Å²) < 4.78 is 0. The van der Waals surface area contributed by atoms with Crippen LogP contribution in [0.3, 0.4) is 0 Å². The maximum Gasteiger partial charge on any atom is 0.227 e. The molecule has 1 amide bonds. The lowest BCUT2D eigenvalue weighted by atomic mass is 9.87. The molecule has 0 bridgehead atoms. The van der Waals surface area contributed by atoms with Gasteiger partial charge in [0.25, 0.3) is 0 Å². The van der Waals surface area contributed by atoms with Crippen molar-refractivity contribution in [1.29, 1.82) is 0 Å². The van der Waals surface area contributed by atoms with E-state index in [1.165, 1.54) is 0 Å². The summed E-state index contributed by atoms with van der Waals surface area (Å²) in [4.78, 5) is 15.7. The lowest BCUT2D eigenvalue weighted by molar-refractivity contribution is -0.153. The molecular weight excluding hydrogens is 360 g/mol. The Bertz CT molecular complexity index is 579. The molecule has 0 aliphatic carbocycles. The van der Waals surface area contributed by atoms with Crippen LogP contribution in [-0.4, -0.2) is 93.8 Å². The van der Waals surface area contributed by atoms with E-state index < -0.39 is 11.7 Å². The number of amides is 1. The minimum Gasteiger partial charge on any atom is -0.395 e. The molecule has 0 unspecified atom stereocenters. The number of carbonyl (C=O) groups excluding carboxylic acids is 1. The van der Waals surface area contributed by atoms with Crippen LogP contribution in [0.4, 0.5) is 0 Å². The summed E-state index contributed by atoms with van der Waals surface area (Å²) in [5.74, 6) is -0.115. The average Bonchev–Trinajstić information content (AvgIpc) is 2.60. The SMILES string of the molecule is O=C(Cc1ccc(Cl)cc1)N1CC[C@](O)(CN(CCO)CCO)[C@@H](O)C1. The molecule has 146 valence electrons. The summed E-state index contributed by atoms with van der Waals surface area (Å²) >= 11 is 5.84. The second-order valence-corrected chi connectivity index (χ2v) is 7.17. The zero-order chi connectivity index (χ0) is 19.2. The predicted molar refractivity (Wildman–Crippen MR) is 97.9 cm³/mol. The Morgan fingerprint density at radius 2 is 1.85 bits per heavy atom. The molecule has 2 rings (SSSR count). The second-order valence-electron chi connectivity index (χ2n) is 6.74. The maximum atomic E-state index is 12.5. The number of likely N-dealkylation sites (tertiary alicyclic amines) is 1. The molecule has 8 heteroatoms. The molecule has 0 aromatic heterocycles. The first-order valence-electron chi connectivity index (χ1n) is 8.74. The zero-order valence-electron chi connectivity index (χ0n) is 14.7. The lowest BCUT2D eigenvalue weighted by Gasteiger charge is -2.44. The molecule has 2 atom stereocenters. The van der Waals surface area contributed by atoms with E-state index in [4.69, 9.17) is 21.8 Å².